The molecule has 2 atom stereocenters. The van der Waals surface area contributed by atoms with E-state index in [0.717, 1.165) is 24.9 Å². The normalized spacial score (nSPS) is 27.7. The van der Waals surface area contributed by atoms with Crippen LogP contribution in [-0.2, 0) is 12.1 Å². The summed E-state index contributed by atoms with van der Waals surface area (Å²) in [6.45, 7) is 4.92. The number of aliphatic hydroxyl groups is 1. The lowest BCUT2D eigenvalue weighted by Crippen LogP contribution is -2.47. The summed E-state index contributed by atoms with van der Waals surface area (Å²) in [5, 5.41) is 15.5. The van der Waals surface area contributed by atoms with Gasteiger partial charge in [-0.25, -0.2) is 9.37 Å². The van der Waals surface area contributed by atoms with Gasteiger partial charge in [0.15, 0.2) is 0 Å². The van der Waals surface area contributed by atoms with E-state index >= 15 is 0 Å². The highest BCUT2D eigenvalue weighted by atomic mass is 19.1. The zero-order chi connectivity index (χ0) is 15.8. The molecule has 0 unspecified atom stereocenters. The summed E-state index contributed by atoms with van der Waals surface area (Å²) in [4.78, 5) is 3.97. The Morgan fingerprint density at radius 1 is 1.32 bits per heavy atom. The van der Waals surface area contributed by atoms with Gasteiger partial charge in [-0.1, -0.05) is 26.0 Å². The Morgan fingerprint density at radius 2 is 2.05 bits per heavy atom. The fourth-order valence-corrected chi connectivity index (χ4v) is 3.55. The van der Waals surface area contributed by atoms with Crippen LogP contribution < -0.4 is 0 Å². The summed E-state index contributed by atoms with van der Waals surface area (Å²) in [6, 6.07) is 6.25. The molecule has 2 aromatic rings. The smallest absolute Gasteiger partial charge is 0.137 e. The quantitative estimate of drug-likeness (QED) is 0.947. The molecule has 1 N–H and O–H groups in total. The minimum absolute atomic E-state index is 0.246. The Hall–Kier alpha value is -1.75. The molecule has 1 aromatic carbocycles. The van der Waals surface area contributed by atoms with Gasteiger partial charge in [0, 0.05) is 6.54 Å². The van der Waals surface area contributed by atoms with Crippen LogP contribution in [0, 0.1) is 17.2 Å². The van der Waals surface area contributed by atoms with Crippen LogP contribution in [0.3, 0.4) is 0 Å². The Balaban J connectivity index is 1.86. The van der Waals surface area contributed by atoms with E-state index in [1.807, 2.05) is 4.68 Å². The molecule has 0 aliphatic heterocycles. The van der Waals surface area contributed by atoms with E-state index in [4.69, 9.17) is 0 Å². The van der Waals surface area contributed by atoms with Crippen LogP contribution in [0.2, 0.25) is 0 Å². The second-order valence-electron chi connectivity index (χ2n) is 6.98. The minimum Gasteiger partial charge on any atom is -0.385 e. The third-order valence-corrected chi connectivity index (χ3v) is 5.11. The van der Waals surface area contributed by atoms with E-state index in [0.29, 0.717) is 12.3 Å². The fraction of sp³-hybridized carbons (Fsp3) is 0.529. The lowest BCUT2D eigenvalue weighted by atomic mass is 9.60. The van der Waals surface area contributed by atoms with E-state index in [1.165, 1.54) is 18.5 Å². The molecule has 22 heavy (non-hydrogen) atoms. The van der Waals surface area contributed by atoms with Gasteiger partial charge in [0.1, 0.15) is 18.5 Å². The summed E-state index contributed by atoms with van der Waals surface area (Å²) in [5.74, 6) is 0.0462. The molecule has 0 spiro atoms. The average Bonchev–Trinajstić information content (AvgIpc) is 2.97. The maximum atomic E-state index is 13.2. The Bertz CT molecular complexity index is 624. The van der Waals surface area contributed by atoms with Crippen molar-refractivity contribution in [1.82, 2.24) is 14.8 Å². The van der Waals surface area contributed by atoms with Gasteiger partial charge < -0.3 is 5.11 Å². The molecule has 0 radical (unpaired) electrons. The van der Waals surface area contributed by atoms with E-state index in [1.54, 1.807) is 18.5 Å². The first kappa shape index (κ1) is 15.2. The average molecular weight is 303 g/mol. The lowest BCUT2D eigenvalue weighted by Gasteiger charge is -2.49. The number of nitrogens with zero attached hydrogens (tertiary/aromatic N) is 3. The molecule has 5 heteroatoms. The van der Waals surface area contributed by atoms with Gasteiger partial charge in [-0.05, 0) is 48.3 Å². The molecular weight excluding hydrogens is 281 g/mol. The van der Waals surface area contributed by atoms with Crippen molar-refractivity contribution in [2.75, 3.05) is 0 Å². The summed E-state index contributed by atoms with van der Waals surface area (Å²) >= 11 is 0. The van der Waals surface area contributed by atoms with E-state index < -0.39 is 5.60 Å². The lowest BCUT2D eigenvalue weighted by molar-refractivity contribution is -0.122. The summed E-state index contributed by atoms with van der Waals surface area (Å²) in [7, 11) is 0. The molecule has 0 saturated heterocycles. The Labute approximate surface area is 130 Å². The maximum absolute atomic E-state index is 13.2. The van der Waals surface area contributed by atoms with Crippen LogP contribution in [0.25, 0.3) is 0 Å². The van der Waals surface area contributed by atoms with Crippen molar-refractivity contribution >= 4 is 0 Å². The maximum Gasteiger partial charge on any atom is 0.137 e. The van der Waals surface area contributed by atoms with Crippen molar-refractivity contribution in [1.29, 1.82) is 0 Å². The topological polar surface area (TPSA) is 50.9 Å². The third-order valence-electron chi connectivity index (χ3n) is 5.11. The van der Waals surface area contributed by atoms with Gasteiger partial charge in [0.2, 0.25) is 0 Å². The zero-order valence-corrected chi connectivity index (χ0v) is 13.0. The summed E-state index contributed by atoms with van der Waals surface area (Å²) < 4.78 is 15.0. The van der Waals surface area contributed by atoms with Gasteiger partial charge in [0.05, 0.1) is 5.60 Å². The molecule has 1 aliphatic rings. The van der Waals surface area contributed by atoms with Gasteiger partial charge >= 0.3 is 0 Å². The van der Waals surface area contributed by atoms with Gasteiger partial charge in [-0.2, -0.15) is 5.10 Å². The molecule has 3 rings (SSSR count). The molecular formula is C17H22FN3O. The summed E-state index contributed by atoms with van der Waals surface area (Å²) in [6.07, 6.45) is 5.83. The minimum atomic E-state index is -0.954. The highest BCUT2D eigenvalue weighted by molar-refractivity contribution is 5.26. The number of hydrogen-bond donors (Lipinski definition) is 1. The highest BCUT2D eigenvalue weighted by Gasteiger charge is 2.49. The van der Waals surface area contributed by atoms with Crippen molar-refractivity contribution in [3.05, 3.63) is 48.3 Å². The predicted octanol–water partition coefficient (Wildman–Crippen LogP) is 3.13. The first-order valence-electron chi connectivity index (χ1n) is 7.71. The van der Waals surface area contributed by atoms with Crippen molar-refractivity contribution in [2.45, 2.75) is 45.3 Å². The number of halogens is 1. The monoisotopic (exact) mass is 303 g/mol. The molecule has 1 aliphatic carbocycles. The van der Waals surface area contributed by atoms with E-state index in [9.17, 15) is 9.50 Å². The highest BCUT2D eigenvalue weighted by Crippen LogP contribution is 2.52. The van der Waals surface area contributed by atoms with Crippen LogP contribution >= 0.6 is 0 Å². The number of aromatic nitrogens is 3. The predicted molar refractivity (Wildman–Crippen MR) is 81.4 cm³/mol. The van der Waals surface area contributed by atoms with Gasteiger partial charge in [-0.15, -0.1) is 0 Å². The van der Waals surface area contributed by atoms with Crippen molar-refractivity contribution in [3.8, 4) is 0 Å². The van der Waals surface area contributed by atoms with E-state index in [-0.39, 0.29) is 11.2 Å². The van der Waals surface area contributed by atoms with Gasteiger partial charge in [-0.3, -0.25) is 4.68 Å². The van der Waals surface area contributed by atoms with E-state index in [2.05, 4.69) is 23.9 Å². The number of rotatable bonds is 3. The van der Waals surface area contributed by atoms with Crippen molar-refractivity contribution in [3.63, 3.8) is 0 Å². The van der Waals surface area contributed by atoms with Crippen LogP contribution in [0.5, 0.6) is 0 Å². The largest absolute Gasteiger partial charge is 0.385 e. The first-order valence-corrected chi connectivity index (χ1v) is 7.71. The number of benzene rings is 1. The number of hydrogen-bond acceptors (Lipinski definition) is 3. The first-order chi connectivity index (χ1) is 10.4. The molecule has 1 saturated carbocycles. The molecule has 1 fully saturated rings. The van der Waals surface area contributed by atoms with Crippen LogP contribution in [-0.4, -0.2) is 19.9 Å². The summed E-state index contributed by atoms with van der Waals surface area (Å²) in [5.41, 5.74) is -0.407. The molecule has 118 valence electrons. The fourth-order valence-electron chi connectivity index (χ4n) is 3.55. The molecule has 0 amide bonds. The molecule has 1 aromatic heterocycles. The second-order valence-corrected chi connectivity index (χ2v) is 6.98. The van der Waals surface area contributed by atoms with Crippen molar-refractivity contribution < 1.29 is 9.50 Å². The van der Waals surface area contributed by atoms with Gasteiger partial charge in [0.25, 0.3) is 0 Å². The standard InChI is InChI=1S/C17H22FN3O/c1-16(2)8-7-13(10-21-12-19-11-20-21)9-17(16,22)14-3-5-15(18)6-4-14/h3-6,11-13,22H,7-10H2,1-2H3/t13-,17+/m1/s1. The Morgan fingerprint density at radius 3 is 2.68 bits per heavy atom. The van der Waals surface area contributed by atoms with Crippen molar-refractivity contribution in [2.24, 2.45) is 11.3 Å². The van der Waals surface area contributed by atoms with Crippen LogP contribution in [0.15, 0.2) is 36.9 Å². The molecule has 0 bridgehead atoms. The molecule has 4 nitrogen and oxygen atoms in total. The third kappa shape index (κ3) is 2.65. The van der Waals surface area contributed by atoms with Crippen LogP contribution in [0.1, 0.15) is 38.7 Å². The Kier molecular flexibility index (Phi) is 3.77. The molecule has 1 heterocycles. The SMILES string of the molecule is CC1(C)CC[C@@H](Cn2cncn2)C[C@]1(O)c1ccc(F)cc1. The second kappa shape index (κ2) is 5.47. The zero-order valence-electron chi connectivity index (χ0n) is 13.0. The van der Waals surface area contributed by atoms with Crippen LogP contribution in [0.4, 0.5) is 4.39 Å².